The molecule has 1 heterocycles. The molecule has 2 N–H and O–H groups in total. The van der Waals surface area contributed by atoms with E-state index in [0.29, 0.717) is 17.1 Å². The predicted molar refractivity (Wildman–Crippen MR) is 83.7 cm³/mol. The van der Waals surface area contributed by atoms with Crippen LogP contribution in [0.25, 0.3) is 0 Å². The molecule has 0 unspecified atom stereocenters. The Morgan fingerprint density at radius 2 is 2.25 bits per heavy atom. The summed E-state index contributed by atoms with van der Waals surface area (Å²) < 4.78 is 13.2. The predicted octanol–water partition coefficient (Wildman–Crippen LogP) is 3.70. The molecule has 2 rings (SSSR count). The molecule has 6 heteroatoms. The molecular formula is C14H14FN3S2. The molecule has 1 aromatic carbocycles. The first-order chi connectivity index (χ1) is 9.56. The topological polar surface area (TPSA) is 53.0 Å². The standard InChI is InChI=1S/C14H14FN3S2/c1-18(8-9-4-3-5-10(15)6-9)14-13(19-2)12(17)11(7-16)20-14/h3-6H,8,17H2,1-2H3. The first-order valence-electron chi connectivity index (χ1n) is 5.88. The molecule has 0 saturated carbocycles. The van der Waals surface area contributed by atoms with Gasteiger partial charge in [-0.1, -0.05) is 12.1 Å². The smallest absolute Gasteiger partial charge is 0.131 e. The third-order valence-electron chi connectivity index (χ3n) is 2.84. The Bertz CT molecular complexity index is 661. The van der Waals surface area contributed by atoms with Crippen molar-refractivity contribution in [1.82, 2.24) is 0 Å². The summed E-state index contributed by atoms with van der Waals surface area (Å²) in [6.07, 6.45) is 1.93. The number of rotatable bonds is 4. The summed E-state index contributed by atoms with van der Waals surface area (Å²) in [7, 11) is 1.91. The van der Waals surface area contributed by atoms with E-state index in [0.717, 1.165) is 15.5 Å². The lowest BCUT2D eigenvalue weighted by molar-refractivity contribution is 0.625. The molecule has 0 fully saturated rings. The maximum absolute atomic E-state index is 13.2. The second-order valence-electron chi connectivity index (χ2n) is 4.28. The maximum Gasteiger partial charge on any atom is 0.131 e. The zero-order chi connectivity index (χ0) is 14.7. The summed E-state index contributed by atoms with van der Waals surface area (Å²) in [4.78, 5) is 3.42. The van der Waals surface area contributed by atoms with Gasteiger partial charge < -0.3 is 10.6 Å². The number of benzene rings is 1. The van der Waals surface area contributed by atoms with E-state index in [-0.39, 0.29) is 5.82 Å². The van der Waals surface area contributed by atoms with Crippen LogP contribution in [-0.4, -0.2) is 13.3 Å². The number of nitrogens with two attached hydrogens (primary N) is 1. The van der Waals surface area contributed by atoms with Gasteiger partial charge in [0.05, 0.1) is 10.6 Å². The van der Waals surface area contributed by atoms with Gasteiger partial charge in [0.15, 0.2) is 0 Å². The van der Waals surface area contributed by atoms with Crippen molar-refractivity contribution in [2.75, 3.05) is 23.9 Å². The van der Waals surface area contributed by atoms with Crippen LogP contribution in [0.15, 0.2) is 29.2 Å². The highest BCUT2D eigenvalue weighted by Crippen LogP contribution is 2.43. The van der Waals surface area contributed by atoms with E-state index in [4.69, 9.17) is 11.0 Å². The highest BCUT2D eigenvalue weighted by atomic mass is 32.2. The highest BCUT2D eigenvalue weighted by molar-refractivity contribution is 7.99. The second kappa shape index (κ2) is 6.16. The number of thiophene rings is 1. The first kappa shape index (κ1) is 14.7. The van der Waals surface area contributed by atoms with Gasteiger partial charge in [-0.05, 0) is 24.0 Å². The Morgan fingerprint density at radius 3 is 2.85 bits per heavy atom. The maximum atomic E-state index is 13.2. The van der Waals surface area contributed by atoms with Crippen LogP contribution in [0.1, 0.15) is 10.4 Å². The molecule has 0 radical (unpaired) electrons. The van der Waals surface area contributed by atoms with Gasteiger partial charge in [0.1, 0.15) is 21.8 Å². The van der Waals surface area contributed by atoms with E-state index in [1.807, 2.05) is 24.3 Å². The Kier molecular flexibility index (Phi) is 4.53. The molecule has 20 heavy (non-hydrogen) atoms. The van der Waals surface area contributed by atoms with Crippen molar-refractivity contribution >= 4 is 33.8 Å². The molecule has 0 bridgehead atoms. The Morgan fingerprint density at radius 1 is 1.50 bits per heavy atom. The minimum atomic E-state index is -0.246. The average molecular weight is 307 g/mol. The largest absolute Gasteiger partial charge is 0.396 e. The molecule has 0 atom stereocenters. The van der Waals surface area contributed by atoms with Gasteiger partial charge in [-0.3, -0.25) is 0 Å². The lowest BCUT2D eigenvalue weighted by Gasteiger charge is -2.19. The van der Waals surface area contributed by atoms with Crippen molar-refractivity contribution in [2.24, 2.45) is 0 Å². The molecular weight excluding hydrogens is 293 g/mol. The Labute approximate surface area is 125 Å². The van der Waals surface area contributed by atoms with Crippen LogP contribution in [0.3, 0.4) is 0 Å². The van der Waals surface area contributed by atoms with Gasteiger partial charge in [-0.2, -0.15) is 5.26 Å². The zero-order valence-electron chi connectivity index (χ0n) is 11.2. The van der Waals surface area contributed by atoms with E-state index >= 15 is 0 Å². The summed E-state index contributed by atoms with van der Waals surface area (Å²) in [6, 6.07) is 8.61. The van der Waals surface area contributed by atoms with Crippen LogP contribution in [0.4, 0.5) is 15.1 Å². The van der Waals surface area contributed by atoms with Crippen LogP contribution in [0.2, 0.25) is 0 Å². The normalized spacial score (nSPS) is 10.3. The summed E-state index contributed by atoms with van der Waals surface area (Å²) in [6.45, 7) is 0.566. The van der Waals surface area contributed by atoms with Crippen molar-refractivity contribution in [1.29, 1.82) is 5.26 Å². The molecule has 0 aliphatic heterocycles. The minimum absolute atomic E-state index is 0.246. The highest BCUT2D eigenvalue weighted by Gasteiger charge is 2.18. The van der Waals surface area contributed by atoms with Gasteiger partial charge in [-0.15, -0.1) is 23.1 Å². The third-order valence-corrected chi connectivity index (χ3v) is 5.02. The molecule has 0 aliphatic rings. The molecule has 0 aliphatic carbocycles. The van der Waals surface area contributed by atoms with Gasteiger partial charge in [0.2, 0.25) is 0 Å². The number of nitrogen functional groups attached to an aromatic ring is 1. The first-order valence-corrected chi connectivity index (χ1v) is 7.93. The van der Waals surface area contributed by atoms with Gasteiger partial charge in [0.25, 0.3) is 0 Å². The Balaban J connectivity index is 2.30. The van der Waals surface area contributed by atoms with Crippen LogP contribution in [0.5, 0.6) is 0 Å². The summed E-state index contributed by atoms with van der Waals surface area (Å²) >= 11 is 2.89. The Hall–Kier alpha value is -1.71. The second-order valence-corrected chi connectivity index (χ2v) is 6.10. The number of hydrogen-bond acceptors (Lipinski definition) is 5. The average Bonchev–Trinajstić information content (AvgIpc) is 2.75. The lowest BCUT2D eigenvalue weighted by atomic mass is 10.2. The molecule has 0 spiro atoms. The number of nitrogens with zero attached hydrogens (tertiary/aromatic N) is 2. The molecule has 2 aromatic rings. The van der Waals surface area contributed by atoms with Crippen molar-refractivity contribution in [2.45, 2.75) is 11.4 Å². The number of nitriles is 1. The third kappa shape index (κ3) is 2.89. The number of thioether (sulfide) groups is 1. The molecule has 0 saturated heterocycles. The summed E-state index contributed by atoms with van der Waals surface area (Å²) in [5, 5.41) is 10.0. The summed E-state index contributed by atoms with van der Waals surface area (Å²) in [5.41, 5.74) is 7.37. The fourth-order valence-electron chi connectivity index (χ4n) is 1.93. The van der Waals surface area contributed by atoms with E-state index in [2.05, 4.69) is 6.07 Å². The lowest BCUT2D eigenvalue weighted by Crippen LogP contribution is -2.15. The van der Waals surface area contributed by atoms with E-state index < -0.39 is 0 Å². The van der Waals surface area contributed by atoms with E-state index in [1.165, 1.54) is 35.2 Å². The van der Waals surface area contributed by atoms with Crippen molar-refractivity contribution in [3.05, 3.63) is 40.5 Å². The number of anilines is 2. The quantitative estimate of drug-likeness (QED) is 0.875. The van der Waals surface area contributed by atoms with Gasteiger partial charge in [0, 0.05) is 13.6 Å². The zero-order valence-corrected chi connectivity index (χ0v) is 12.8. The van der Waals surface area contributed by atoms with Crippen molar-refractivity contribution in [3.8, 4) is 6.07 Å². The molecule has 3 nitrogen and oxygen atoms in total. The number of halogens is 1. The SMILES string of the molecule is CSc1c(N(C)Cc2cccc(F)c2)sc(C#N)c1N. The monoisotopic (exact) mass is 307 g/mol. The fourth-order valence-corrected chi connectivity index (χ4v) is 3.89. The molecule has 104 valence electrons. The molecule has 1 aromatic heterocycles. The van der Waals surface area contributed by atoms with Crippen molar-refractivity contribution < 1.29 is 4.39 Å². The van der Waals surface area contributed by atoms with Crippen LogP contribution >= 0.6 is 23.1 Å². The number of hydrogen-bond donors (Lipinski definition) is 1. The minimum Gasteiger partial charge on any atom is -0.396 e. The van der Waals surface area contributed by atoms with E-state index in [9.17, 15) is 4.39 Å². The van der Waals surface area contributed by atoms with Crippen LogP contribution in [-0.2, 0) is 6.54 Å². The van der Waals surface area contributed by atoms with Crippen LogP contribution < -0.4 is 10.6 Å². The van der Waals surface area contributed by atoms with E-state index in [1.54, 1.807) is 6.07 Å². The van der Waals surface area contributed by atoms with Gasteiger partial charge in [-0.25, -0.2) is 4.39 Å². The van der Waals surface area contributed by atoms with Gasteiger partial charge >= 0.3 is 0 Å². The van der Waals surface area contributed by atoms with Crippen molar-refractivity contribution in [3.63, 3.8) is 0 Å². The summed E-state index contributed by atoms with van der Waals surface area (Å²) in [5.74, 6) is -0.246. The molecule has 0 amide bonds. The fraction of sp³-hybridized carbons (Fsp3) is 0.214. The van der Waals surface area contributed by atoms with Crippen LogP contribution in [0, 0.1) is 17.1 Å².